The molecule has 10 atom stereocenters. The molecule has 52 heavy (non-hydrogen) atoms. The predicted molar refractivity (Wildman–Crippen MR) is 187 cm³/mol. The van der Waals surface area contributed by atoms with Crippen LogP contribution in [0.4, 0.5) is 0 Å². The van der Waals surface area contributed by atoms with Gasteiger partial charge in [-0.3, -0.25) is 9.11 Å². The summed E-state index contributed by atoms with van der Waals surface area (Å²) in [5.41, 5.74) is 4.58. The van der Waals surface area contributed by atoms with E-state index in [1.165, 1.54) is 22.3 Å². The van der Waals surface area contributed by atoms with Crippen LogP contribution in [0.25, 0.3) is 0 Å². The first kappa shape index (κ1) is 43.0. The largest absolute Gasteiger partial charge is 0.504 e. The maximum absolute atomic E-state index is 10.4. The van der Waals surface area contributed by atoms with E-state index in [4.69, 9.17) is 27.0 Å². The second-order valence-electron chi connectivity index (χ2n) is 14.3. The van der Waals surface area contributed by atoms with Crippen molar-refractivity contribution in [3.63, 3.8) is 0 Å². The van der Waals surface area contributed by atoms with Crippen molar-refractivity contribution in [2.75, 3.05) is 27.2 Å². The van der Waals surface area contributed by atoms with Gasteiger partial charge in [0.25, 0.3) is 0 Å². The number of phenolic OH excluding ortho intramolecular Hbond substituents is 2. The number of likely N-dealkylation sites (tertiary alicyclic amines) is 2. The second kappa shape index (κ2) is 14.5. The number of rotatable bonds is 0. The maximum Gasteiger partial charge on any atom is 0.394 e. The average molecular weight is 759 g/mol. The highest BCUT2D eigenvalue weighted by Gasteiger charge is 2.65. The fourth-order valence-corrected chi connectivity index (χ4v) is 10.5. The van der Waals surface area contributed by atoms with E-state index in [1.807, 2.05) is 24.3 Å². The van der Waals surface area contributed by atoms with Gasteiger partial charge in [0, 0.05) is 45.9 Å². The van der Waals surface area contributed by atoms with Gasteiger partial charge in [-0.15, -0.1) is 0 Å². The zero-order chi connectivity index (χ0) is 33.2. The Bertz CT molecular complexity index is 1700. The smallest absolute Gasteiger partial charge is 0.394 e. The Hall–Kier alpha value is -3.37. The van der Waals surface area contributed by atoms with Crippen molar-refractivity contribution in [1.82, 2.24) is 9.80 Å². The zero-order valence-corrected chi connectivity index (χ0v) is 29.4. The summed E-state index contributed by atoms with van der Waals surface area (Å²) in [6, 6.07) is 8.45. The summed E-state index contributed by atoms with van der Waals surface area (Å²) in [4.78, 5) is 4.87. The van der Waals surface area contributed by atoms with Gasteiger partial charge < -0.3 is 67.1 Å². The summed E-state index contributed by atoms with van der Waals surface area (Å²) in [6.07, 6.45) is 10.4. The number of likely N-dealkylation sites (N-methyl/N-ethyl adjacent to an activating group) is 2. The molecule has 17 nitrogen and oxygen atoms in total. The second-order valence-corrected chi connectivity index (χ2v) is 15.2. The summed E-state index contributed by atoms with van der Waals surface area (Å²) >= 11 is 0. The van der Waals surface area contributed by atoms with Crippen molar-refractivity contribution in [3.05, 3.63) is 70.8 Å². The van der Waals surface area contributed by atoms with Crippen molar-refractivity contribution in [1.29, 1.82) is 0 Å². The number of phenols is 2. The average Bonchev–Trinajstić information content (AvgIpc) is 3.56. The molecule has 8 aliphatic rings. The lowest BCUT2D eigenvalue weighted by Gasteiger charge is -2.56. The monoisotopic (exact) mass is 758 g/mol. The lowest BCUT2D eigenvalue weighted by Crippen LogP contribution is -2.64. The number of ether oxygens (including phenoxy) is 2. The van der Waals surface area contributed by atoms with Crippen LogP contribution in [0, 0.1) is 11.8 Å². The number of hydrogen-bond donors (Lipinski definition) is 6. The minimum Gasteiger partial charge on any atom is -0.504 e. The van der Waals surface area contributed by atoms with Crippen LogP contribution in [0.15, 0.2) is 48.6 Å². The third-order valence-corrected chi connectivity index (χ3v) is 12.3. The molecule has 18 heteroatoms. The highest BCUT2D eigenvalue weighted by Crippen LogP contribution is 2.63. The molecule has 10 rings (SSSR count). The Balaban J connectivity index is 0.000000229. The van der Waals surface area contributed by atoms with Crippen LogP contribution in [-0.4, -0.2) is 139 Å². The Labute approximate surface area is 300 Å². The molecule has 292 valence electrons. The Kier molecular flexibility index (Phi) is 12.0. The fourth-order valence-electron chi connectivity index (χ4n) is 10.5. The standard InChI is InChI=1S/2C17H19NO3.H2O4S.5H2O/c2*1-18-7-6-17-10-3-5-13(20)16(17)21-15-12(19)4-2-9(14(15)17)8-11(10)18;1-5(2,3)4;;;;;/h2*2-5,10-11,13,16,19-20H,6-8H2,1H3;(H2,1,2,3,4);5*1H2/t10-,11?,13-,16-,17?;10-,11+,13-,16-,17-;;;;;;/m00....../s1. The summed E-state index contributed by atoms with van der Waals surface area (Å²) in [7, 11) is -0.291. The van der Waals surface area contributed by atoms with Crippen LogP contribution >= 0.6 is 0 Å². The van der Waals surface area contributed by atoms with Gasteiger partial charge in [0.05, 0.1) is 0 Å². The molecule has 0 radical (unpaired) electrons. The van der Waals surface area contributed by atoms with E-state index in [0.717, 1.165) is 38.8 Å². The van der Waals surface area contributed by atoms with Crippen LogP contribution in [-0.2, 0) is 34.1 Å². The van der Waals surface area contributed by atoms with Gasteiger partial charge in [-0.05, 0) is 76.1 Å². The van der Waals surface area contributed by atoms with Crippen LogP contribution in [0.2, 0.25) is 0 Å². The van der Waals surface area contributed by atoms with E-state index in [-0.39, 0.29) is 61.9 Å². The summed E-state index contributed by atoms with van der Waals surface area (Å²) in [5, 5.41) is 41.3. The SMILES string of the molecule is CN1CCC23c4c5ccc(O)c4O[C@H]2[C@@H](O)C=C[C@H]3C1C5.CN1CC[C@]23c4c5ccc(O)c4O[C@H]2[C@@H](O)C=C[C@H]3[C@H]1C5.O.O.O.O.O.O=S(=O)(O)O. The van der Waals surface area contributed by atoms with Crippen LogP contribution in [0.3, 0.4) is 0 Å². The molecule has 4 aliphatic heterocycles. The number of aliphatic hydroxyl groups excluding tert-OH is 2. The molecular formula is C34H50N2O15S. The van der Waals surface area contributed by atoms with Gasteiger partial charge in [0.2, 0.25) is 0 Å². The van der Waals surface area contributed by atoms with Crippen molar-refractivity contribution >= 4 is 10.4 Å². The molecule has 4 heterocycles. The molecule has 16 N–H and O–H groups in total. The molecule has 2 saturated heterocycles. The molecule has 0 aromatic heterocycles. The Morgan fingerprint density at radius 3 is 1.35 bits per heavy atom. The number of hydrogen-bond acceptors (Lipinski definition) is 10. The third kappa shape index (κ3) is 5.87. The quantitative estimate of drug-likeness (QED) is 0.121. The molecule has 2 unspecified atom stereocenters. The zero-order valence-electron chi connectivity index (χ0n) is 28.6. The predicted octanol–water partition coefficient (Wildman–Crippen LogP) is -2.38. The van der Waals surface area contributed by atoms with E-state index in [2.05, 4.69) is 36.0 Å². The molecule has 2 fully saturated rings. The normalized spacial score (nSPS) is 35.5. The topological polar surface area (TPSA) is 338 Å². The highest BCUT2D eigenvalue weighted by atomic mass is 32.3. The van der Waals surface area contributed by atoms with Crippen molar-refractivity contribution in [2.24, 2.45) is 11.8 Å². The number of aliphatic hydroxyl groups is 2. The van der Waals surface area contributed by atoms with Crippen LogP contribution in [0.1, 0.15) is 35.1 Å². The van der Waals surface area contributed by atoms with Crippen LogP contribution < -0.4 is 9.47 Å². The molecule has 4 aliphatic carbocycles. The number of aromatic hydroxyl groups is 2. The number of benzene rings is 2. The van der Waals surface area contributed by atoms with E-state index < -0.39 is 22.6 Å². The first-order chi connectivity index (χ1) is 22.3. The van der Waals surface area contributed by atoms with Gasteiger partial charge in [-0.25, -0.2) is 0 Å². The van der Waals surface area contributed by atoms with E-state index in [0.29, 0.717) is 35.4 Å². The molecule has 2 aromatic carbocycles. The molecular weight excluding hydrogens is 708 g/mol. The van der Waals surface area contributed by atoms with Gasteiger partial charge in [0.15, 0.2) is 23.0 Å². The summed E-state index contributed by atoms with van der Waals surface area (Å²) < 4.78 is 43.8. The first-order valence-corrected chi connectivity index (χ1v) is 17.5. The van der Waals surface area contributed by atoms with Crippen molar-refractivity contribution in [2.45, 2.75) is 73.0 Å². The first-order valence-electron chi connectivity index (χ1n) is 16.1. The summed E-state index contributed by atoms with van der Waals surface area (Å²) in [5.74, 6) is 2.38. The van der Waals surface area contributed by atoms with Crippen molar-refractivity contribution in [3.8, 4) is 23.0 Å². The van der Waals surface area contributed by atoms with Gasteiger partial charge in [0.1, 0.15) is 24.4 Å². The number of piperidine rings is 2. The van der Waals surface area contributed by atoms with E-state index >= 15 is 0 Å². The minimum atomic E-state index is -4.67. The number of nitrogens with zero attached hydrogens (tertiary/aromatic N) is 2. The van der Waals surface area contributed by atoms with Gasteiger partial charge in [-0.2, -0.15) is 8.42 Å². The van der Waals surface area contributed by atoms with E-state index in [1.54, 1.807) is 12.1 Å². The molecule has 0 saturated carbocycles. The lowest BCUT2D eigenvalue weighted by atomic mass is 9.53. The van der Waals surface area contributed by atoms with Crippen LogP contribution in [0.5, 0.6) is 23.0 Å². The minimum absolute atomic E-state index is 0. The Morgan fingerprint density at radius 2 is 1.00 bits per heavy atom. The molecule has 2 aromatic rings. The molecule has 2 spiro atoms. The van der Waals surface area contributed by atoms with E-state index in [9.17, 15) is 20.4 Å². The lowest BCUT2D eigenvalue weighted by molar-refractivity contribution is -0.0453. The van der Waals surface area contributed by atoms with Crippen molar-refractivity contribution < 1.29 is 74.8 Å². The van der Waals surface area contributed by atoms with Gasteiger partial charge >= 0.3 is 10.4 Å². The molecule has 4 bridgehead atoms. The Morgan fingerprint density at radius 1 is 0.654 bits per heavy atom. The fraction of sp³-hybridized carbons (Fsp3) is 0.529. The third-order valence-electron chi connectivity index (χ3n) is 12.3. The maximum atomic E-state index is 10.4. The molecule has 0 amide bonds. The highest BCUT2D eigenvalue weighted by molar-refractivity contribution is 7.79. The summed E-state index contributed by atoms with van der Waals surface area (Å²) in [6.45, 7) is 2.02. The van der Waals surface area contributed by atoms with Gasteiger partial charge in [-0.1, -0.05) is 36.4 Å².